The zero-order valence-corrected chi connectivity index (χ0v) is 28.0. The van der Waals surface area contributed by atoms with Crippen molar-refractivity contribution in [1.82, 2.24) is 14.5 Å². The van der Waals surface area contributed by atoms with E-state index in [2.05, 4.69) is 5.32 Å². The summed E-state index contributed by atoms with van der Waals surface area (Å²) in [6.07, 6.45) is 1.48. The standard InChI is InChI=1S/C16H19N3O5S.C13H19NO4S.3H2O/c1-16(2)11(15(23)24)19-13(22)10(14(19)25-16)18-12(21)9(17)7-3-5-8(20)6-4-7;1-3-9-14(10-4-2)19(17,18)12-7-5-11(6-8-12)13(15)16;;;/h3-6,9-11,14,20H,17H2,1-2H3,(H,18,21)(H,23,24);5-8H,3-4,9-10H2,1-2H3,(H,15,16);3*1H2/t9-,10-,11+,14-;;;;/m1..../s1. The third-order valence-electron chi connectivity index (χ3n) is 7.19. The smallest absolute Gasteiger partial charge is 0.335 e. The van der Waals surface area contributed by atoms with Crippen LogP contribution in [0.3, 0.4) is 0 Å². The van der Waals surface area contributed by atoms with Crippen LogP contribution in [0.4, 0.5) is 0 Å². The van der Waals surface area contributed by atoms with Crippen molar-refractivity contribution < 1.29 is 59.3 Å². The van der Waals surface area contributed by atoms with Crippen LogP contribution in [-0.4, -0.2) is 108 Å². The third kappa shape index (κ3) is 9.40. The van der Waals surface area contributed by atoms with Crippen molar-refractivity contribution in [3.63, 3.8) is 0 Å². The Hall–Kier alpha value is -3.78. The van der Waals surface area contributed by atoms with Gasteiger partial charge in [0.25, 0.3) is 0 Å². The second-order valence-electron chi connectivity index (χ2n) is 10.9. The number of aromatic hydroxyl groups is 1. The van der Waals surface area contributed by atoms with Crippen LogP contribution < -0.4 is 11.1 Å². The molecule has 0 spiro atoms. The number of phenolic OH excluding ortho intramolecular Hbond substituents is 1. The Morgan fingerprint density at radius 2 is 1.49 bits per heavy atom. The first-order valence-electron chi connectivity index (χ1n) is 14.0. The highest BCUT2D eigenvalue weighted by Crippen LogP contribution is 2.50. The summed E-state index contributed by atoms with van der Waals surface area (Å²) in [5.41, 5.74) is 6.49. The molecular formula is C29H44N4O12S2. The van der Waals surface area contributed by atoms with E-state index in [0.29, 0.717) is 18.7 Å². The molecule has 2 heterocycles. The van der Waals surface area contributed by atoms with E-state index in [4.69, 9.17) is 10.8 Å². The highest BCUT2D eigenvalue weighted by Gasteiger charge is 2.64. The van der Waals surface area contributed by atoms with Crippen LogP contribution in [0, 0.1) is 0 Å². The van der Waals surface area contributed by atoms with Crippen molar-refractivity contribution >= 4 is 45.5 Å². The lowest BCUT2D eigenvalue weighted by molar-refractivity contribution is -0.161. The first-order valence-corrected chi connectivity index (χ1v) is 16.3. The molecule has 2 fully saturated rings. The number of benzene rings is 2. The van der Waals surface area contributed by atoms with E-state index in [-0.39, 0.29) is 32.6 Å². The molecule has 4 rings (SSSR count). The number of sulfonamides is 1. The Morgan fingerprint density at radius 1 is 0.979 bits per heavy atom. The Morgan fingerprint density at radius 3 is 1.94 bits per heavy atom. The van der Waals surface area contributed by atoms with E-state index >= 15 is 0 Å². The molecule has 18 heteroatoms. The molecule has 2 amide bonds. The Labute approximate surface area is 276 Å². The maximum Gasteiger partial charge on any atom is 0.335 e. The van der Waals surface area contributed by atoms with Gasteiger partial charge in [-0.25, -0.2) is 18.0 Å². The van der Waals surface area contributed by atoms with E-state index in [9.17, 15) is 37.8 Å². The van der Waals surface area contributed by atoms with Crippen molar-refractivity contribution in [1.29, 1.82) is 0 Å². The van der Waals surface area contributed by atoms with Gasteiger partial charge in [0.2, 0.25) is 21.8 Å². The van der Waals surface area contributed by atoms with E-state index in [1.807, 2.05) is 13.8 Å². The van der Waals surface area contributed by atoms with Gasteiger partial charge in [-0.3, -0.25) is 9.59 Å². The molecule has 2 aromatic carbocycles. The van der Waals surface area contributed by atoms with Crippen LogP contribution in [0.5, 0.6) is 5.75 Å². The van der Waals surface area contributed by atoms with Crippen molar-refractivity contribution in [2.45, 2.75) is 73.7 Å². The van der Waals surface area contributed by atoms with Gasteiger partial charge in [-0.05, 0) is 68.7 Å². The zero-order chi connectivity index (χ0) is 33.0. The summed E-state index contributed by atoms with van der Waals surface area (Å²) >= 11 is 1.35. The number of nitrogens with two attached hydrogens (primary N) is 1. The number of thioether (sulfide) groups is 1. The van der Waals surface area contributed by atoms with Gasteiger partial charge in [0, 0.05) is 17.8 Å². The van der Waals surface area contributed by atoms with Gasteiger partial charge in [0.1, 0.15) is 29.2 Å². The molecule has 2 saturated heterocycles. The SMILES string of the molecule is CC1(C)S[C@@H]2[C@H](NC(=O)[C@H](N)c3ccc(O)cc3)C(=O)N2[C@H]1C(=O)O.CCCN(CCC)S(=O)(=O)c1ccc(C(=O)O)cc1.O.O.O. The second kappa shape index (κ2) is 17.4. The normalized spacial score (nSPS) is 19.7. The zero-order valence-electron chi connectivity index (χ0n) is 26.3. The largest absolute Gasteiger partial charge is 0.508 e. The summed E-state index contributed by atoms with van der Waals surface area (Å²) in [5.74, 6) is -3.00. The van der Waals surface area contributed by atoms with Crippen molar-refractivity contribution in [2.75, 3.05) is 13.1 Å². The predicted octanol–water partition coefficient (Wildman–Crippen LogP) is -0.255. The average Bonchev–Trinajstić information content (AvgIpc) is 3.23. The molecule has 12 N–H and O–H groups in total. The van der Waals surface area contributed by atoms with Gasteiger partial charge >= 0.3 is 11.9 Å². The number of carboxylic acid groups (broad SMARTS) is 2. The lowest BCUT2D eigenvalue weighted by Crippen LogP contribution is -2.71. The molecule has 0 radical (unpaired) electrons. The molecule has 2 aliphatic heterocycles. The van der Waals surface area contributed by atoms with Crippen LogP contribution in [-0.2, 0) is 24.4 Å². The summed E-state index contributed by atoms with van der Waals surface area (Å²) in [5, 5.41) is 29.7. The fourth-order valence-electron chi connectivity index (χ4n) is 4.99. The minimum absolute atomic E-state index is 0. The molecule has 2 aliphatic rings. The molecule has 4 atom stereocenters. The number of carboxylic acids is 2. The number of β-lactam (4-membered cyclic amide) rings is 1. The number of fused-ring (bicyclic) bond motifs is 1. The Kier molecular flexibility index (Phi) is 16.0. The number of aromatic carboxylic acids is 1. The third-order valence-corrected chi connectivity index (χ3v) is 10.7. The lowest BCUT2D eigenvalue weighted by Gasteiger charge is -2.43. The number of nitrogens with zero attached hydrogens (tertiary/aromatic N) is 2. The number of amides is 2. The molecule has 16 nitrogen and oxygen atoms in total. The minimum atomic E-state index is -3.53. The monoisotopic (exact) mass is 704 g/mol. The first kappa shape index (κ1) is 43.2. The van der Waals surface area contributed by atoms with Crippen LogP contribution in [0.2, 0.25) is 0 Å². The number of phenols is 1. The molecule has 2 aromatic rings. The number of carbonyl (C=O) groups is 4. The Balaban J connectivity index is 0.000000877. The lowest BCUT2D eigenvalue weighted by atomic mass is 9.95. The van der Waals surface area contributed by atoms with Crippen LogP contribution >= 0.6 is 11.8 Å². The molecule has 264 valence electrons. The van der Waals surface area contributed by atoms with E-state index < -0.39 is 62.0 Å². The van der Waals surface area contributed by atoms with E-state index in [1.54, 1.807) is 13.8 Å². The quantitative estimate of drug-likeness (QED) is 0.190. The first-order chi connectivity index (χ1) is 20.6. The van der Waals surface area contributed by atoms with E-state index in [0.717, 1.165) is 12.8 Å². The topological polar surface area (TPSA) is 302 Å². The fourth-order valence-corrected chi connectivity index (χ4v) is 8.24. The highest BCUT2D eigenvalue weighted by atomic mass is 32.2. The molecule has 0 aliphatic carbocycles. The second-order valence-corrected chi connectivity index (χ2v) is 14.6. The summed E-state index contributed by atoms with van der Waals surface area (Å²) in [6, 6.07) is 8.52. The molecule has 47 heavy (non-hydrogen) atoms. The van der Waals surface area contributed by atoms with Crippen LogP contribution in [0.1, 0.15) is 62.5 Å². The number of hydrogen-bond acceptors (Lipinski definition) is 9. The van der Waals surface area contributed by atoms with Crippen molar-refractivity contribution in [2.24, 2.45) is 5.73 Å². The Bertz CT molecular complexity index is 1480. The maximum absolute atomic E-state index is 12.4. The summed E-state index contributed by atoms with van der Waals surface area (Å²) in [6.45, 7) is 8.32. The summed E-state index contributed by atoms with van der Waals surface area (Å²) < 4.78 is 25.5. The number of rotatable bonds is 11. The summed E-state index contributed by atoms with van der Waals surface area (Å²) in [7, 11) is -3.53. The number of hydrogen-bond donors (Lipinski definition) is 5. The van der Waals surface area contributed by atoms with Crippen LogP contribution in [0.25, 0.3) is 0 Å². The summed E-state index contributed by atoms with van der Waals surface area (Å²) in [4.78, 5) is 48.3. The van der Waals surface area contributed by atoms with Gasteiger partial charge in [0.15, 0.2) is 0 Å². The van der Waals surface area contributed by atoms with E-state index in [1.165, 1.54) is 69.5 Å². The van der Waals surface area contributed by atoms with Gasteiger partial charge in [-0.15, -0.1) is 11.8 Å². The van der Waals surface area contributed by atoms with Gasteiger partial charge in [-0.1, -0.05) is 26.0 Å². The molecule has 0 aromatic heterocycles. The average molecular weight is 705 g/mol. The number of carbonyl (C=O) groups excluding carboxylic acids is 2. The fraction of sp³-hybridized carbons (Fsp3) is 0.448. The van der Waals surface area contributed by atoms with Gasteiger partial charge in [-0.2, -0.15) is 4.31 Å². The van der Waals surface area contributed by atoms with Crippen molar-refractivity contribution in [3.8, 4) is 5.75 Å². The highest BCUT2D eigenvalue weighted by molar-refractivity contribution is 8.01. The van der Waals surface area contributed by atoms with Crippen LogP contribution in [0.15, 0.2) is 53.4 Å². The predicted molar refractivity (Wildman–Crippen MR) is 174 cm³/mol. The molecule has 0 saturated carbocycles. The van der Waals surface area contributed by atoms with Crippen molar-refractivity contribution in [3.05, 3.63) is 59.7 Å². The number of aliphatic carboxylic acids is 1. The van der Waals surface area contributed by atoms with Gasteiger partial charge in [0.05, 0.1) is 10.5 Å². The molecule has 0 bridgehead atoms. The molecular weight excluding hydrogens is 660 g/mol. The number of nitrogens with one attached hydrogen (secondary N) is 1. The minimum Gasteiger partial charge on any atom is -0.508 e. The molecule has 0 unspecified atom stereocenters. The van der Waals surface area contributed by atoms with Gasteiger partial charge < -0.3 is 47.7 Å². The maximum atomic E-state index is 12.4.